The van der Waals surface area contributed by atoms with Gasteiger partial charge in [-0.05, 0) is 77.8 Å². The predicted molar refractivity (Wildman–Crippen MR) is 188 cm³/mol. The Bertz CT molecular complexity index is 2220. The normalized spacial score (nSPS) is 11.0. The van der Waals surface area contributed by atoms with E-state index in [1.807, 2.05) is 26.2 Å². The fraction of sp³-hybridized carbons (Fsp3) is 0.0476. The first-order valence-corrected chi connectivity index (χ1v) is 15.2. The zero-order valence-electron chi connectivity index (χ0n) is 24.9. The molecule has 2 nitrogen and oxygen atoms in total. The molecule has 0 saturated carbocycles. The lowest BCUT2D eigenvalue weighted by Crippen LogP contribution is -1.94. The zero-order valence-corrected chi connectivity index (χ0v) is 24.9. The highest BCUT2D eigenvalue weighted by atomic mass is 14.8. The second kappa shape index (κ2) is 11.9. The summed E-state index contributed by atoms with van der Waals surface area (Å²) in [7, 11) is 0. The van der Waals surface area contributed by atoms with E-state index in [4.69, 9.17) is 0 Å². The number of aromatic nitrogens is 2. The third kappa shape index (κ3) is 4.81. The number of fused-ring (bicyclic) bond motifs is 3. The van der Waals surface area contributed by atoms with Gasteiger partial charge in [0.15, 0.2) is 0 Å². The Hall–Kier alpha value is -5.60. The molecular formula is C42H32N2. The summed E-state index contributed by atoms with van der Waals surface area (Å²) < 4.78 is 0. The van der Waals surface area contributed by atoms with E-state index in [2.05, 4.69) is 149 Å². The molecule has 8 rings (SSSR count). The average molecular weight is 565 g/mol. The highest BCUT2D eigenvalue weighted by molar-refractivity contribution is 6.24. The Morgan fingerprint density at radius 2 is 0.886 bits per heavy atom. The number of rotatable bonds is 4. The van der Waals surface area contributed by atoms with Crippen LogP contribution in [-0.4, -0.2) is 9.97 Å². The standard InChI is InChI=1S/C40H26N2.C2H6/c1-3-10-27(11-4-1)30-19-21-36-37(22-30)39(32-24-41-26-42-25-32)35-20-18-31(28-12-5-2-6-13-28)23-38(35)40(36)34-17-9-15-29-14-7-8-16-33(29)34;1-2/h1-26H;1-2H3. The van der Waals surface area contributed by atoms with Crippen molar-refractivity contribution in [1.29, 1.82) is 0 Å². The fourth-order valence-electron chi connectivity index (χ4n) is 6.32. The van der Waals surface area contributed by atoms with Crippen molar-refractivity contribution >= 4 is 32.3 Å². The van der Waals surface area contributed by atoms with Crippen molar-refractivity contribution in [2.45, 2.75) is 13.8 Å². The molecule has 8 aromatic rings. The first kappa shape index (κ1) is 27.2. The number of nitrogens with zero attached hydrogens (tertiary/aromatic N) is 2. The minimum atomic E-state index is 1.01. The van der Waals surface area contributed by atoms with Gasteiger partial charge in [-0.3, -0.25) is 0 Å². The van der Waals surface area contributed by atoms with Crippen LogP contribution in [0.1, 0.15) is 13.8 Å². The highest BCUT2D eigenvalue weighted by Crippen LogP contribution is 2.47. The van der Waals surface area contributed by atoms with E-state index < -0.39 is 0 Å². The average Bonchev–Trinajstić information content (AvgIpc) is 3.12. The van der Waals surface area contributed by atoms with E-state index in [-0.39, 0.29) is 0 Å². The molecule has 0 fully saturated rings. The van der Waals surface area contributed by atoms with Gasteiger partial charge in [-0.2, -0.15) is 0 Å². The summed E-state index contributed by atoms with van der Waals surface area (Å²) in [5, 5.41) is 7.28. The molecule has 0 unspecified atom stereocenters. The van der Waals surface area contributed by atoms with Crippen molar-refractivity contribution in [2.75, 3.05) is 0 Å². The van der Waals surface area contributed by atoms with Crippen molar-refractivity contribution in [2.24, 2.45) is 0 Å². The molecule has 0 aliphatic heterocycles. The molecule has 0 radical (unpaired) electrons. The first-order chi connectivity index (χ1) is 21.8. The van der Waals surface area contributed by atoms with E-state index in [1.54, 1.807) is 6.33 Å². The van der Waals surface area contributed by atoms with Gasteiger partial charge >= 0.3 is 0 Å². The largest absolute Gasteiger partial charge is 0.244 e. The van der Waals surface area contributed by atoms with E-state index >= 15 is 0 Å². The molecule has 0 atom stereocenters. The molecule has 0 spiro atoms. The summed E-state index contributed by atoms with van der Waals surface area (Å²) in [4.78, 5) is 8.86. The zero-order chi connectivity index (χ0) is 29.9. The van der Waals surface area contributed by atoms with Crippen molar-refractivity contribution in [1.82, 2.24) is 9.97 Å². The lowest BCUT2D eigenvalue weighted by Gasteiger charge is -2.20. The molecule has 0 N–H and O–H groups in total. The second-order valence-electron chi connectivity index (χ2n) is 10.7. The van der Waals surface area contributed by atoms with Crippen LogP contribution >= 0.6 is 0 Å². The number of hydrogen-bond acceptors (Lipinski definition) is 2. The second-order valence-corrected chi connectivity index (χ2v) is 10.7. The van der Waals surface area contributed by atoms with Crippen molar-refractivity contribution in [3.63, 3.8) is 0 Å². The minimum absolute atomic E-state index is 1.01. The quantitative estimate of drug-likeness (QED) is 0.199. The minimum Gasteiger partial charge on any atom is -0.244 e. The smallest absolute Gasteiger partial charge is 0.115 e. The molecule has 210 valence electrons. The van der Waals surface area contributed by atoms with Crippen LogP contribution in [0, 0.1) is 0 Å². The summed E-state index contributed by atoms with van der Waals surface area (Å²) in [5.74, 6) is 0. The molecule has 7 aromatic carbocycles. The van der Waals surface area contributed by atoms with Gasteiger partial charge in [-0.1, -0.05) is 141 Å². The van der Waals surface area contributed by atoms with Gasteiger partial charge in [-0.25, -0.2) is 9.97 Å². The first-order valence-electron chi connectivity index (χ1n) is 15.2. The number of benzene rings is 7. The molecular weight excluding hydrogens is 532 g/mol. The molecule has 0 saturated heterocycles. The summed E-state index contributed by atoms with van der Waals surface area (Å²) >= 11 is 0. The lowest BCUT2D eigenvalue weighted by atomic mass is 9.83. The summed E-state index contributed by atoms with van der Waals surface area (Å²) in [6.07, 6.45) is 5.46. The van der Waals surface area contributed by atoms with Gasteiger partial charge in [0.1, 0.15) is 6.33 Å². The molecule has 0 bridgehead atoms. The Labute approximate surface area is 258 Å². The van der Waals surface area contributed by atoms with Gasteiger partial charge in [0.05, 0.1) is 0 Å². The maximum atomic E-state index is 4.43. The summed E-state index contributed by atoms with van der Waals surface area (Å²) in [6.45, 7) is 4.00. The Morgan fingerprint density at radius 1 is 0.364 bits per heavy atom. The van der Waals surface area contributed by atoms with Gasteiger partial charge in [-0.15, -0.1) is 0 Å². The van der Waals surface area contributed by atoms with Crippen molar-refractivity contribution in [3.05, 3.63) is 158 Å². The van der Waals surface area contributed by atoms with E-state index in [1.165, 1.54) is 65.7 Å². The van der Waals surface area contributed by atoms with Crippen LogP contribution in [0.2, 0.25) is 0 Å². The van der Waals surface area contributed by atoms with Crippen LogP contribution < -0.4 is 0 Å². The molecule has 0 amide bonds. The van der Waals surface area contributed by atoms with Gasteiger partial charge in [0.25, 0.3) is 0 Å². The van der Waals surface area contributed by atoms with Crippen LogP contribution in [0.3, 0.4) is 0 Å². The van der Waals surface area contributed by atoms with Crippen molar-refractivity contribution < 1.29 is 0 Å². The molecule has 0 aliphatic rings. The molecule has 0 aliphatic carbocycles. The van der Waals surface area contributed by atoms with Gasteiger partial charge in [0, 0.05) is 23.5 Å². The van der Waals surface area contributed by atoms with Crippen LogP contribution in [0.15, 0.2) is 158 Å². The summed E-state index contributed by atoms with van der Waals surface area (Å²) in [6, 6.07) is 50.3. The maximum Gasteiger partial charge on any atom is 0.115 e. The molecule has 44 heavy (non-hydrogen) atoms. The van der Waals surface area contributed by atoms with Gasteiger partial charge < -0.3 is 0 Å². The van der Waals surface area contributed by atoms with Crippen LogP contribution in [0.25, 0.3) is 76.8 Å². The number of hydrogen-bond donors (Lipinski definition) is 0. The SMILES string of the molecule is CC.c1ccc(-c2ccc3c(-c4cccc5ccccc45)c4cc(-c5ccccc5)ccc4c(-c4cncnc4)c3c2)cc1. The summed E-state index contributed by atoms with van der Waals surface area (Å²) in [5.41, 5.74) is 9.42. The van der Waals surface area contributed by atoms with E-state index in [9.17, 15) is 0 Å². The predicted octanol–water partition coefficient (Wildman–Crippen LogP) is 11.6. The Morgan fingerprint density at radius 3 is 1.52 bits per heavy atom. The third-order valence-electron chi connectivity index (χ3n) is 8.24. The molecule has 2 heteroatoms. The van der Waals surface area contributed by atoms with E-state index in [0.29, 0.717) is 0 Å². The topological polar surface area (TPSA) is 25.8 Å². The van der Waals surface area contributed by atoms with Crippen LogP contribution in [0.5, 0.6) is 0 Å². The Kier molecular flexibility index (Phi) is 7.40. The molecule has 1 heterocycles. The lowest BCUT2D eigenvalue weighted by molar-refractivity contribution is 1.17. The van der Waals surface area contributed by atoms with Crippen LogP contribution in [0.4, 0.5) is 0 Å². The molecule has 1 aromatic heterocycles. The van der Waals surface area contributed by atoms with E-state index in [0.717, 1.165) is 11.1 Å². The van der Waals surface area contributed by atoms with Gasteiger partial charge in [0.2, 0.25) is 0 Å². The van der Waals surface area contributed by atoms with Crippen LogP contribution in [-0.2, 0) is 0 Å². The maximum absolute atomic E-state index is 4.43. The fourth-order valence-corrected chi connectivity index (χ4v) is 6.32. The highest BCUT2D eigenvalue weighted by Gasteiger charge is 2.20. The van der Waals surface area contributed by atoms with Crippen molar-refractivity contribution in [3.8, 4) is 44.5 Å². The monoisotopic (exact) mass is 564 g/mol. The Balaban J connectivity index is 0.00000153. The third-order valence-corrected chi connectivity index (χ3v) is 8.24.